The predicted octanol–water partition coefficient (Wildman–Crippen LogP) is 0.206. The number of carboxylic acid groups (broad SMARTS) is 1. The molecule has 1 N–H and O–H groups in total. The number of aliphatic carboxylic acids is 1. The Bertz CT molecular complexity index is 438. The van der Waals surface area contributed by atoms with Crippen molar-refractivity contribution in [2.24, 2.45) is 0 Å². The lowest BCUT2D eigenvalue weighted by molar-refractivity contribution is -0.140. The van der Waals surface area contributed by atoms with Gasteiger partial charge in [0.2, 0.25) is 0 Å². The average Bonchev–Trinajstić information content (AvgIpc) is 2.15. The van der Waals surface area contributed by atoms with E-state index in [4.69, 9.17) is 9.84 Å². The van der Waals surface area contributed by atoms with Gasteiger partial charge in [-0.2, -0.15) is 0 Å². The molecule has 0 aliphatic heterocycles. The number of aryl methyl sites for hydroxylation is 1. The molecule has 0 saturated carbocycles. The molecule has 0 aliphatic rings. The topological polar surface area (TPSA) is 81.4 Å². The number of carboxylic acids is 1. The summed E-state index contributed by atoms with van der Waals surface area (Å²) < 4.78 is 5.86. The van der Waals surface area contributed by atoms with Gasteiger partial charge in [0.25, 0.3) is 11.6 Å². The Hall–Kier alpha value is -1.85. The lowest BCUT2D eigenvalue weighted by Crippen LogP contribution is -2.29. The van der Waals surface area contributed by atoms with E-state index in [0.29, 0.717) is 5.69 Å². The fourth-order valence-corrected chi connectivity index (χ4v) is 1.19. The Morgan fingerprint density at radius 1 is 1.67 bits per heavy atom. The molecule has 1 rings (SSSR count). The highest BCUT2D eigenvalue weighted by Crippen LogP contribution is 2.12. The second-order valence-electron chi connectivity index (χ2n) is 3.11. The van der Waals surface area contributed by atoms with Crippen molar-refractivity contribution < 1.29 is 14.6 Å². The number of hydrogen-bond acceptors (Lipinski definition) is 4. The van der Waals surface area contributed by atoms with E-state index in [1.807, 2.05) is 0 Å². The predicted molar refractivity (Wildman–Crippen MR) is 52.1 cm³/mol. The van der Waals surface area contributed by atoms with Gasteiger partial charge < -0.3 is 9.84 Å². The maximum Gasteiger partial charge on any atom is 0.326 e. The summed E-state index contributed by atoms with van der Waals surface area (Å²) in [4.78, 5) is 26.2. The van der Waals surface area contributed by atoms with Crippen LogP contribution >= 0.6 is 0 Å². The molecular formula is C9H12N2O4. The zero-order chi connectivity index (χ0) is 11.6. The maximum atomic E-state index is 11.5. The summed E-state index contributed by atoms with van der Waals surface area (Å²) in [6.07, 6.45) is 0. The molecule has 0 bridgehead atoms. The second-order valence-corrected chi connectivity index (χ2v) is 3.11. The van der Waals surface area contributed by atoms with E-state index in [1.165, 1.54) is 20.1 Å². The van der Waals surface area contributed by atoms with Crippen LogP contribution < -0.4 is 10.3 Å². The van der Waals surface area contributed by atoms with Crippen LogP contribution in [0.25, 0.3) is 0 Å². The minimum atomic E-state index is -1.11. The highest BCUT2D eigenvalue weighted by molar-refractivity contribution is 5.71. The highest BCUT2D eigenvalue weighted by atomic mass is 16.5. The molecule has 0 spiro atoms. The monoisotopic (exact) mass is 212 g/mol. The highest BCUT2D eigenvalue weighted by Gasteiger charge is 2.19. The third-order valence-electron chi connectivity index (χ3n) is 1.98. The van der Waals surface area contributed by atoms with E-state index in [-0.39, 0.29) is 6.01 Å². The van der Waals surface area contributed by atoms with Crippen LogP contribution in [-0.4, -0.2) is 27.7 Å². The Kier molecular flexibility index (Phi) is 3.08. The van der Waals surface area contributed by atoms with Gasteiger partial charge in [-0.05, 0) is 13.8 Å². The molecule has 1 heterocycles. The summed E-state index contributed by atoms with van der Waals surface area (Å²) in [5.41, 5.74) is 0.0555. The molecule has 6 nitrogen and oxygen atoms in total. The third-order valence-corrected chi connectivity index (χ3v) is 1.98. The summed E-state index contributed by atoms with van der Waals surface area (Å²) >= 11 is 0. The molecule has 0 radical (unpaired) electrons. The van der Waals surface area contributed by atoms with Gasteiger partial charge in [-0.15, -0.1) is 0 Å². The Balaban J connectivity index is 3.39. The number of carbonyl (C=O) groups is 1. The van der Waals surface area contributed by atoms with Crippen LogP contribution in [0.2, 0.25) is 0 Å². The third kappa shape index (κ3) is 2.15. The minimum absolute atomic E-state index is 0.00917. The molecule has 6 heteroatoms. The molecule has 15 heavy (non-hydrogen) atoms. The molecule has 0 aromatic carbocycles. The molecular weight excluding hydrogens is 200 g/mol. The Morgan fingerprint density at radius 3 is 2.73 bits per heavy atom. The SMILES string of the molecule is COc1nc(C)cc(=O)n1C(C)C(=O)O. The number of hydrogen-bond donors (Lipinski definition) is 1. The number of rotatable bonds is 3. The zero-order valence-corrected chi connectivity index (χ0v) is 8.72. The molecule has 0 aliphatic carbocycles. The van der Waals surface area contributed by atoms with Crippen LogP contribution in [-0.2, 0) is 4.79 Å². The number of methoxy groups -OCH3 is 1. The fraction of sp³-hybridized carbons (Fsp3) is 0.444. The van der Waals surface area contributed by atoms with Crippen LogP contribution in [0.3, 0.4) is 0 Å². The number of ether oxygens (including phenoxy) is 1. The van der Waals surface area contributed by atoms with Crippen molar-refractivity contribution >= 4 is 5.97 Å². The molecule has 1 aromatic rings. The van der Waals surface area contributed by atoms with Gasteiger partial charge in [0.1, 0.15) is 6.04 Å². The van der Waals surface area contributed by atoms with Gasteiger partial charge in [0.05, 0.1) is 7.11 Å². The molecule has 0 fully saturated rings. The second kappa shape index (κ2) is 4.12. The summed E-state index contributed by atoms with van der Waals surface area (Å²) in [7, 11) is 1.34. The minimum Gasteiger partial charge on any atom is -0.480 e. The van der Waals surface area contributed by atoms with Gasteiger partial charge in [-0.1, -0.05) is 0 Å². The van der Waals surface area contributed by atoms with E-state index in [9.17, 15) is 9.59 Å². The van der Waals surface area contributed by atoms with Crippen molar-refractivity contribution in [1.82, 2.24) is 9.55 Å². The molecule has 0 saturated heterocycles. The van der Waals surface area contributed by atoms with Gasteiger partial charge in [0, 0.05) is 11.8 Å². The first kappa shape index (κ1) is 11.2. The van der Waals surface area contributed by atoms with Crippen LogP contribution in [0.15, 0.2) is 10.9 Å². The maximum absolute atomic E-state index is 11.5. The lowest BCUT2D eigenvalue weighted by atomic mass is 10.3. The standard InChI is InChI=1S/C9H12N2O4/c1-5-4-7(12)11(6(2)8(13)14)9(10-5)15-3/h4,6H,1-3H3,(H,13,14). The summed E-state index contributed by atoms with van der Waals surface area (Å²) in [6.45, 7) is 3.03. The van der Waals surface area contributed by atoms with E-state index in [0.717, 1.165) is 4.57 Å². The Morgan fingerprint density at radius 2 is 2.27 bits per heavy atom. The van der Waals surface area contributed by atoms with Crippen molar-refractivity contribution in [2.45, 2.75) is 19.9 Å². The largest absolute Gasteiger partial charge is 0.480 e. The first-order valence-electron chi connectivity index (χ1n) is 4.34. The van der Waals surface area contributed by atoms with E-state index < -0.39 is 17.6 Å². The van der Waals surface area contributed by atoms with Gasteiger partial charge in [-0.3, -0.25) is 4.79 Å². The average molecular weight is 212 g/mol. The quantitative estimate of drug-likeness (QED) is 0.774. The fourth-order valence-electron chi connectivity index (χ4n) is 1.19. The summed E-state index contributed by atoms with van der Waals surface area (Å²) in [6, 6.07) is 0.276. The van der Waals surface area contributed by atoms with Crippen molar-refractivity contribution in [1.29, 1.82) is 0 Å². The number of aromatic nitrogens is 2. The van der Waals surface area contributed by atoms with Gasteiger partial charge >= 0.3 is 5.97 Å². The summed E-state index contributed by atoms with van der Waals surface area (Å²) in [5, 5.41) is 8.81. The first-order chi connectivity index (χ1) is 6.97. The molecule has 1 unspecified atom stereocenters. The molecule has 0 amide bonds. The van der Waals surface area contributed by atoms with E-state index in [2.05, 4.69) is 4.98 Å². The van der Waals surface area contributed by atoms with Crippen LogP contribution in [0.5, 0.6) is 6.01 Å². The first-order valence-corrected chi connectivity index (χ1v) is 4.34. The normalized spacial score (nSPS) is 12.2. The molecule has 82 valence electrons. The van der Waals surface area contributed by atoms with Crippen LogP contribution in [0, 0.1) is 6.92 Å². The molecule has 1 atom stereocenters. The Labute approximate surface area is 86.1 Å². The lowest BCUT2D eigenvalue weighted by Gasteiger charge is -2.14. The van der Waals surface area contributed by atoms with E-state index >= 15 is 0 Å². The van der Waals surface area contributed by atoms with Gasteiger partial charge in [-0.25, -0.2) is 14.3 Å². The van der Waals surface area contributed by atoms with Crippen molar-refractivity contribution in [3.63, 3.8) is 0 Å². The number of nitrogens with zero attached hydrogens (tertiary/aromatic N) is 2. The zero-order valence-electron chi connectivity index (χ0n) is 8.72. The van der Waals surface area contributed by atoms with Gasteiger partial charge in [0.15, 0.2) is 0 Å². The van der Waals surface area contributed by atoms with Crippen LogP contribution in [0.1, 0.15) is 18.7 Å². The summed E-state index contributed by atoms with van der Waals surface area (Å²) in [5.74, 6) is -1.11. The molecule has 1 aromatic heterocycles. The van der Waals surface area contributed by atoms with E-state index in [1.54, 1.807) is 6.92 Å². The van der Waals surface area contributed by atoms with Crippen molar-refractivity contribution in [2.75, 3.05) is 7.11 Å². The van der Waals surface area contributed by atoms with Crippen molar-refractivity contribution in [3.8, 4) is 6.01 Å². The van der Waals surface area contributed by atoms with Crippen LogP contribution in [0.4, 0.5) is 0 Å². The van der Waals surface area contributed by atoms with Crippen molar-refractivity contribution in [3.05, 3.63) is 22.1 Å². The smallest absolute Gasteiger partial charge is 0.326 e.